The highest BCUT2D eigenvalue weighted by Crippen LogP contribution is 2.36. The number of nitrogens with zero attached hydrogens (tertiary/aromatic N) is 3. The van der Waals surface area contributed by atoms with Crippen LogP contribution in [0.2, 0.25) is 0 Å². The van der Waals surface area contributed by atoms with Crippen LogP contribution in [0, 0.1) is 0 Å². The summed E-state index contributed by atoms with van der Waals surface area (Å²) < 4.78 is 6.00. The molecule has 1 aromatic heterocycles. The molecule has 4 heteroatoms. The van der Waals surface area contributed by atoms with Crippen molar-refractivity contribution >= 4 is 27.4 Å². The molecule has 0 saturated carbocycles. The standard InChI is InChI=1S/C20H21N3S/c1-2-6-17-15(5-1)13-16(17)14-22-9-11-23(12-10-22)20-18-7-3-4-8-19(18)24-21-20/h1-8,16H,9-14H2. The number of anilines is 1. The van der Waals surface area contributed by atoms with Crippen molar-refractivity contribution in [1.82, 2.24) is 9.27 Å². The normalized spacial score (nSPS) is 20.8. The lowest BCUT2D eigenvalue weighted by atomic mass is 9.77. The first kappa shape index (κ1) is 14.4. The molecule has 0 N–H and O–H groups in total. The van der Waals surface area contributed by atoms with E-state index in [9.17, 15) is 0 Å². The third-order valence-corrected chi connectivity index (χ3v) is 6.29. The summed E-state index contributed by atoms with van der Waals surface area (Å²) in [5.41, 5.74) is 3.13. The molecule has 24 heavy (non-hydrogen) atoms. The van der Waals surface area contributed by atoms with Gasteiger partial charge in [0.15, 0.2) is 0 Å². The maximum atomic E-state index is 4.71. The number of benzene rings is 2. The van der Waals surface area contributed by atoms with E-state index in [1.54, 1.807) is 22.7 Å². The second-order valence-electron chi connectivity index (χ2n) is 6.89. The smallest absolute Gasteiger partial charge is 0.150 e. The summed E-state index contributed by atoms with van der Waals surface area (Å²) in [6, 6.07) is 17.5. The van der Waals surface area contributed by atoms with E-state index in [2.05, 4.69) is 58.3 Å². The van der Waals surface area contributed by atoms with Gasteiger partial charge >= 0.3 is 0 Å². The quantitative estimate of drug-likeness (QED) is 0.726. The molecule has 2 heterocycles. The van der Waals surface area contributed by atoms with Crippen molar-refractivity contribution in [3.8, 4) is 0 Å². The number of aromatic nitrogens is 1. The third kappa shape index (κ3) is 2.41. The first-order chi connectivity index (χ1) is 11.9. The van der Waals surface area contributed by atoms with E-state index < -0.39 is 0 Å². The van der Waals surface area contributed by atoms with Crippen LogP contribution in [0.5, 0.6) is 0 Å². The minimum Gasteiger partial charge on any atom is -0.353 e. The molecule has 2 aromatic carbocycles. The molecule has 1 aliphatic heterocycles. The van der Waals surface area contributed by atoms with Crippen LogP contribution in [0.3, 0.4) is 0 Å². The van der Waals surface area contributed by atoms with Gasteiger partial charge in [0, 0.05) is 44.0 Å². The fourth-order valence-corrected chi connectivity index (χ4v) is 4.88. The molecule has 0 spiro atoms. The van der Waals surface area contributed by atoms with Gasteiger partial charge in [0.25, 0.3) is 0 Å². The number of piperazine rings is 1. The predicted molar refractivity (Wildman–Crippen MR) is 101 cm³/mol. The zero-order valence-electron chi connectivity index (χ0n) is 13.7. The van der Waals surface area contributed by atoms with Gasteiger partial charge in [0.2, 0.25) is 0 Å². The second kappa shape index (κ2) is 5.87. The van der Waals surface area contributed by atoms with Crippen molar-refractivity contribution in [3.05, 3.63) is 59.7 Å². The van der Waals surface area contributed by atoms with Crippen molar-refractivity contribution < 1.29 is 0 Å². The number of fused-ring (bicyclic) bond motifs is 2. The SMILES string of the molecule is c1ccc2c(c1)CC2CN1CCN(c2nsc3ccccc23)CC1. The van der Waals surface area contributed by atoms with Crippen molar-refractivity contribution in [2.45, 2.75) is 12.3 Å². The Bertz CT molecular complexity index is 864. The molecule has 122 valence electrons. The van der Waals surface area contributed by atoms with Gasteiger partial charge < -0.3 is 4.90 Å². The van der Waals surface area contributed by atoms with Gasteiger partial charge in [-0.25, -0.2) is 0 Å². The summed E-state index contributed by atoms with van der Waals surface area (Å²) in [6.45, 7) is 5.67. The summed E-state index contributed by atoms with van der Waals surface area (Å²) in [7, 11) is 0. The van der Waals surface area contributed by atoms with Crippen LogP contribution < -0.4 is 4.90 Å². The zero-order chi connectivity index (χ0) is 15.9. The van der Waals surface area contributed by atoms with Gasteiger partial charge in [-0.3, -0.25) is 4.90 Å². The lowest BCUT2D eigenvalue weighted by Gasteiger charge is -2.39. The largest absolute Gasteiger partial charge is 0.353 e. The van der Waals surface area contributed by atoms with Crippen LogP contribution in [0.15, 0.2) is 48.5 Å². The van der Waals surface area contributed by atoms with Crippen LogP contribution in [-0.2, 0) is 6.42 Å². The molecule has 0 amide bonds. The first-order valence-corrected chi connectivity index (χ1v) is 9.55. The van der Waals surface area contributed by atoms with E-state index in [1.807, 2.05) is 0 Å². The maximum Gasteiger partial charge on any atom is 0.150 e. The van der Waals surface area contributed by atoms with Crippen LogP contribution >= 0.6 is 11.5 Å². The Balaban J connectivity index is 1.24. The van der Waals surface area contributed by atoms with Gasteiger partial charge in [0.1, 0.15) is 5.82 Å². The Hall–Kier alpha value is -1.91. The number of hydrogen-bond acceptors (Lipinski definition) is 4. The fourth-order valence-electron chi connectivity index (χ4n) is 4.08. The molecule has 0 bridgehead atoms. The number of hydrogen-bond donors (Lipinski definition) is 0. The summed E-state index contributed by atoms with van der Waals surface area (Å²) in [5, 5.41) is 1.31. The topological polar surface area (TPSA) is 19.4 Å². The average molecular weight is 335 g/mol. The molecule has 1 unspecified atom stereocenters. The molecule has 1 atom stereocenters. The van der Waals surface area contributed by atoms with Crippen molar-refractivity contribution in [2.24, 2.45) is 0 Å². The Morgan fingerprint density at radius 3 is 2.62 bits per heavy atom. The maximum absolute atomic E-state index is 4.71. The zero-order valence-corrected chi connectivity index (χ0v) is 14.5. The highest BCUT2D eigenvalue weighted by Gasteiger charge is 2.29. The van der Waals surface area contributed by atoms with Gasteiger partial charge in [-0.05, 0) is 41.2 Å². The first-order valence-electron chi connectivity index (χ1n) is 8.78. The Morgan fingerprint density at radius 1 is 0.958 bits per heavy atom. The monoisotopic (exact) mass is 335 g/mol. The minimum atomic E-state index is 0.743. The lowest BCUT2D eigenvalue weighted by molar-refractivity contribution is 0.234. The summed E-state index contributed by atoms with van der Waals surface area (Å²) in [6.07, 6.45) is 1.26. The van der Waals surface area contributed by atoms with E-state index >= 15 is 0 Å². The minimum absolute atomic E-state index is 0.743. The van der Waals surface area contributed by atoms with E-state index in [0.717, 1.165) is 32.1 Å². The van der Waals surface area contributed by atoms with Crippen LogP contribution in [-0.4, -0.2) is 42.0 Å². The Kier molecular flexibility index (Phi) is 3.53. The number of rotatable bonds is 3. The highest BCUT2D eigenvalue weighted by molar-refractivity contribution is 7.13. The van der Waals surface area contributed by atoms with Gasteiger partial charge in [-0.15, -0.1) is 0 Å². The van der Waals surface area contributed by atoms with Gasteiger partial charge in [-0.1, -0.05) is 36.4 Å². The molecule has 0 radical (unpaired) electrons. The summed E-state index contributed by atoms with van der Waals surface area (Å²) >= 11 is 1.62. The molecule has 1 saturated heterocycles. The Morgan fingerprint density at radius 2 is 1.75 bits per heavy atom. The van der Waals surface area contributed by atoms with E-state index in [4.69, 9.17) is 4.37 Å². The molecule has 3 aromatic rings. The molecule has 1 aliphatic carbocycles. The summed E-state index contributed by atoms with van der Waals surface area (Å²) in [5.74, 6) is 1.93. The predicted octanol–water partition coefficient (Wildman–Crippen LogP) is 3.76. The molecular weight excluding hydrogens is 314 g/mol. The van der Waals surface area contributed by atoms with Crippen LogP contribution in [0.25, 0.3) is 10.1 Å². The lowest BCUT2D eigenvalue weighted by Crippen LogP contribution is -2.48. The van der Waals surface area contributed by atoms with Crippen molar-refractivity contribution in [2.75, 3.05) is 37.6 Å². The molecule has 1 fully saturated rings. The van der Waals surface area contributed by atoms with E-state index in [0.29, 0.717) is 0 Å². The van der Waals surface area contributed by atoms with Crippen molar-refractivity contribution in [3.63, 3.8) is 0 Å². The molecule has 5 rings (SSSR count). The van der Waals surface area contributed by atoms with Crippen LogP contribution in [0.1, 0.15) is 17.0 Å². The van der Waals surface area contributed by atoms with E-state index in [1.165, 1.54) is 28.9 Å². The fraction of sp³-hybridized carbons (Fsp3) is 0.350. The van der Waals surface area contributed by atoms with Gasteiger partial charge in [0.05, 0.1) is 4.70 Å². The third-order valence-electron chi connectivity index (χ3n) is 5.47. The average Bonchev–Trinajstić information content (AvgIpc) is 3.04. The summed E-state index contributed by atoms with van der Waals surface area (Å²) in [4.78, 5) is 5.09. The molecular formula is C20H21N3S. The highest BCUT2D eigenvalue weighted by atomic mass is 32.1. The van der Waals surface area contributed by atoms with Crippen LogP contribution in [0.4, 0.5) is 5.82 Å². The van der Waals surface area contributed by atoms with E-state index in [-0.39, 0.29) is 0 Å². The Labute approximate surface area is 146 Å². The molecule has 3 nitrogen and oxygen atoms in total. The van der Waals surface area contributed by atoms with Crippen molar-refractivity contribution in [1.29, 1.82) is 0 Å². The second-order valence-corrected chi connectivity index (χ2v) is 7.69. The molecule has 2 aliphatic rings. The van der Waals surface area contributed by atoms with Gasteiger partial charge in [-0.2, -0.15) is 4.37 Å².